The molecule has 2 aromatic rings. The zero-order valence-electron chi connectivity index (χ0n) is 13.0. The molecule has 0 radical (unpaired) electrons. The molecule has 0 aromatic heterocycles. The smallest absolute Gasteiger partial charge is 0.407 e. The normalized spacial score (nSPS) is 10.0. The third-order valence-electron chi connectivity index (χ3n) is 2.86. The Labute approximate surface area is 139 Å². The number of carbonyl (C=O) groups excluding carboxylic acids is 1. The van der Waals surface area contributed by atoms with E-state index < -0.39 is 6.09 Å². The first-order valence-corrected chi connectivity index (χ1v) is 7.38. The number of aliphatic hydroxyl groups excluding tert-OH is 1. The highest BCUT2D eigenvalue weighted by Crippen LogP contribution is 2.25. The van der Waals surface area contributed by atoms with Crippen molar-refractivity contribution in [2.45, 2.75) is 0 Å². The number of alkyl carbamates (subject to hydrolysis) is 1. The molecule has 0 aliphatic heterocycles. The van der Waals surface area contributed by atoms with E-state index in [1.54, 1.807) is 48.5 Å². The van der Waals surface area contributed by atoms with Crippen LogP contribution in [0.15, 0.2) is 48.5 Å². The molecule has 1 amide bonds. The first-order valence-electron chi connectivity index (χ1n) is 7.38. The molecule has 0 atom stereocenters. The summed E-state index contributed by atoms with van der Waals surface area (Å²) in [5.74, 6) is 2.07. The van der Waals surface area contributed by atoms with Crippen LogP contribution in [-0.2, 0) is 4.74 Å². The van der Waals surface area contributed by atoms with E-state index in [4.69, 9.17) is 14.6 Å². The first-order chi connectivity index (χ1) is 11.7. The molecule has 2 aromatic carbocycles. The first kappa shape index (κ1) is 17.4. The minimum absolute atomic E-state index is 0.0326. The molecule has 0 aliphatic rings. The fourth-order valence-electron chi connectivity index (χ4n) is 1.77. The lowest BCUT2D eigenvalue weighted by Gasteiger charge is -2.09. The fraction of sp³-hybridized carbons (Fsp3) is 0.235. The minimum atomic E-state index is -0.592. The second-order valence-electron chi connectivity index (χ2n) is 4.70. The average Bonchev–Trinajstić information content (AvgIpc) is 2.60. The van der Waals surface area contributed by atoms with Gasteiger partial charge in [-0.1, -0.05) is 0 Å². The quantitative estimate of drug-likeness (QED) is 0.641. The second-order valence-corrected chi connectivity index (χ2v) is 4.70. The Morgan fingerprint density at radius 1 is 0.917 bits per heavy atom. The molecule has 0 spiro atoms. The number of amides is 1. The van der Waals surface area contributed by atoms with Crippen molar-refractivity contribution in [3.63, 3.8) is 0 Å². The SMILES string of the molecule is O=C(NCCOc1ccc(Oc2ccc(O)cc2)cc1)OCCO. The lowest BCUT2D eigenvalue weighted by molar-refractivity contribution is 0.118. The van der Waals surface area contributed by atoms with Crippen molar-refractivity contribution in [2.24, 2.45) is 0 Å². The van der Waals surface area contributed by atoms with Crippen LogP contribution in [0.4, 0.5) is 4.79 Å². The van der Waals surface area contributed by atoms with Gasteiger partial charge in [0.2, 0.25) is 0 Å². The molecule has 0 fully saturated rings. The number of aromatic hydroxyl groups is 1. The predicted molar refractivity (Wildman–Crippen MR) is 86.6 cm³/mol. The molecule has 7 heteroatoms. The van der Waals surface area contributed by atoms with Crippen molar-refractivity contribution in [1.29, 1.82) is 0 Å². The Kier molecular flexibility index (Phi) is 6.73. The molecule has 3 N–H and O–H groups in total. The van der Waals surface area contributed by atoms with E-state index in [9.17, 15) is 9.90 Å². The van der Waals surface area contributed by atoms with Crippen molar-refractivity contribution < 1.29 is 29.2 Å². The van der Waals surface area contributed by atoms with Gasteiger partial charge in [-0.25, -0.2) is 4.79 Å². The van der Waals surface area contributed by atoms with E-state index >= 15 is 0 Å². The zero-order chi connectivity index (χ0) is 17.2. The molecule has 7 nitrogen and oxygen atoms in total. The molecule has 0 aliphatic carbocycles. The van der Waals surface area contributed by atoms with Crippen LogP contribution in [0.5, 0.6) is 23.0 Å². The van der Waals surface area contributed by atoms with Gasteiger partial charge < -0.3 is 29.7 Å². The van der Waals surface area contributed by atoms with E-state index in [-0.39, 0.29) is 32.1 Å². The molecule has 0 saturated carbocycles. The zero-order valence-corrected chi connectivity index (χ0v) is 13.0. The maximum Gasteiger partial charge on any atom is 0.407 e. The number of nitrogens with one attached hydrogen (secondary N) is 1. The van der Waals surface area contributed by atoms with Gasteiger partial charge in [-0.3, -0.25) is 0 Å². The number of hydrogen-bond acceptors (Lipinski definition) is 6. The Balaban J connectivity index is 1.72. The predicted octanol–water partition coefficient (Wildman–Crippen LogP) is 2.28. The maximum absolute atomic E-state index is 11.1. The lowest BCUT2D eigenvalue weighted by Crippen LogP contribution is -2.29. The highest BCUT2D eigenvalue weighted by molar-refractivity contribution is 5.67. The Hall–Kier alpha value is -2.93. The molecule has 0 bridgehead atoms. The third-order valence-corrected chi connectivity index (χ3v) is 2.86. The van der Waals surface area contributed by atoms with Crippen molar-refractivity contribution in [3.8, 4) is 23.0 Å². The number of hydrogen-bond donors (Lipinski definition) is 3. The van der Waals surface area contributed by atoms with Crippen molar-refractivity contribution in [1.82, 2.24) is 5.32 Å². The van der Waals surface area contributed by atoms with E-state index in [0.717, 1.165) is 0 Å². The summed E-state index contributed by atoms with van der Waals surface area (Å²) in [6, 6.07) is 13.4. The summed E-state index contributed by atoms with van der Waals surface area (Å²) in [5, 5.41) is 20.2. The topological polar surface area (TPSA) is 97.3 Å². The van der Waals surface area contributed by atoms with E-state index in [1.165, 1.54) is 0 Å². The maximum atomic E-state index is 11.1. The fourth-order valence-corrected chi connectivity index (χ4v) is 1.77. The molecule has 0 saturated heterocycles. The van der Waals surface area contributed by atoms with Gasteiger partial charge >= 0.3 is 6.09 Å². The van der Waals surface area contributed by atoms with Gasteiger partial charge in [-0.2, -0.15) is 0 Å². The highest BCUT2D eigenvalue weighted by Gasteiger charge is 2.01. The van der Waals surface area contributed by atoms with Gasteiger partial charge in [0.1, 0.15) is 36.2 Å². The summed E-state index contributed by atoms with van der Waals surface area (Å²) >= 11 is 0. The van der Waals surface area contributed by atoms with Gasteiger partial charge in [0.25, 0.3) is 0 Å². The van der Waals surface area contributed by atoms with Crippen LogP contribution < -0.4 is 14.8 Å². The van der Waals surface area contributed by atoms with Crippen LogP contribution in [0.2, 0.25) is 0 Å². The standard InChI is InChI=1S/C17H19NO6/c19-10-12-23-17(21)18-9-11-22-14-5-7-16(8-6-14)24-15-3-1-13(20)2-4-15/h1-8,19-20H,9-12H2,(H,18,21). The molecule has 0 unspecified atom stereocenters. The summed E-state index contributed by atoms with van der Waals surface area (Å²) in [6.45, 7) is 0.333. The summed E-state index contributed by atoms with van der Waals surface area (Å²) in [7, 11) is 0. The van der Waals surface area contributed by atoms with Gasteiger partial charge in [-0.05, 0) is 48.5 Å². The number of phenols is 1. The number of aliphatic hydroxyl groups is 1. The van der Waals surface area contributed by atoms with Crippen LogP contribution in [-0.4, -0.2) is 42.7 Å². The Morgan fingerprint density at radius 2 is 1.50 bits per heavy atom. The Morgan fingerprint density at radius 3 is 2.12 bits per heavy atom. The van der Waals surface area contributed by atoms with Gasteiger partial charge in [0, 0.05) is 0 Å². The van der Waals surface area contributed by atoms with E-state index in [1.807, 2.05) is 0 Å². The lowest BCUT2D eigenvalue weighted by atomic mass is 10.3. The summed E-state index contributed by atoms with van der Waals surface area (Å²) in [4.78, 5) is 11.1. The van der Waals surface area contributed by atoms with Crippen LogP contribution >= 0.6 is 0 Å². The molecule has 128 valence electrons. The van der Waals surface area contributed by atoms with Crippen molar-refractivity contribution in [3.05, 3.63) is 48.5 Å². The van der Waals surface area contributed by atoms with Gasteiger partial charge in [0.15, 0.2) is 0 Å². The highest BCUT2D eigenvalue weighted by atomic mass is 16.6. The van der Waals surface area contributed by atoms with E-state index in [2.05, 4.69) is 10.1 Å². The minimum Gasteiger partial charge on any atom is -0.508 e. The second kappa shape index (κ2) is 9.26. The van der Waals surface area contributed by atoms with Crippen LogP contribution in [0.25, 0.3) is 0 Å². The molecular weight excluding hydrogens is 314 g/mol. The number of carbonyl (C=O) groups is 1. The summed E-state index contributed by atoms with van der Waals surface area (Å²) in [6.07, 6.45) is -0.592. The number of phenolic OH excluding ortho intramolecular Hbond substituents is 1. The molecule has 2 rings (SSSR count). The van der Waals surface area contributed by atoms with Crippen molar-refractivity contribution >= 4 is 6.09 Å². The largest absolute Gasteiger partial charge is 0.508 e. The van der Waals surface area contributed by atoms with Crippen LogP contribution in [0.3, 0.4) is 0 Å². The number of benzene rings is 2. The van der Waals surface area contributed by atoms with E-state index in [0.29, 0.717) is 17.2 Å². The number of rotatable bonds is 8. The molecular formula is C17H19NO6. The summed E-state index contributed by atoms with van der Waals surface area (Å²) in [5.41, 5.74) is 0. The number of ether oxygens (including phenoxy) is 3. The van der Waals surface area contributed by atoms with Crippen LogP contribution in [0, 0.1) is 0 Å². The van der Waals surface area contributed by atoms with Gasteiger partial charge in [0.05, 0.1) is 13.2 Å². The third kappa shape index (κ3) is 6.05. The van der Waals surface area contributed by atoms with Crippen molar-refractivity contribution in [2.75, 3.05) is 26.4 Å². The van der Waals surface area contributed by atoms with Gasteiger partial charge in [-0.15, -0.1) is 0 Å². The Bertz CT molecular complexity index is 627. The molecule has 0 heterocycles. The molecule has 24 heavy (non-hydrogen) atoms. The van der Waals surface area contributed by atoms with Crippen LogP contribution in [0.1, 0.15) is 0 Å². The average molecular weight is 333 g/mol. The summed E-state index contributed by atoms with van der Waals surface area (Å²) < 4.78 is 15.7. The monoisotopic (exact) mass is 333 g/mol.